The molecule has 0 aliphatic carbocycles. The second-order valence-corrected chi connectivity index (χ2v) is 9.17. The van der Waals surface area contributed by atoms with Crippen molar-refractivity contribution in [2.45, 2.75) is 32.6 Å². The normalized spacial score (nSPS) is 15.8. The molecule has 0 bridgehead atoms. The standard InChI is InChI=1S/C21H28N2O3S/c1-15-6-7-19(18(4)12-15)22-8-10-23(11-9-22)27(24,25)21-14-17(3)16(2)13-20(21)26-5/h6-7,12-14H,8-11H2,1-5H3. The quantitative estimate of drug-likeness (QED) is 0.805. The summed E-state index contributed by atoms with van der Waals surface area (Å²) in [6.07, 6.45) is 0. The molecule has 1 saturated heterocycles. The Labute approximate surface area is 162 Å². The van der Waals surface area contributed by atoms with Crippen molar-refractivity contribution >= 4 is 15.7 Å². The molecule has 5 nitrogen and oxygen atoms in total. The molecule has 0 amide bonds. The second-order valence-electron chi connectivity index (χ2n) is 7.27. The van der Waals surface area contributed by atoms with E-state index in [0.29, 0.717) is 31.9 Å². The molecule has 0 saturated carbocycles. The summed E-state index contributed by atoms with van der Waals surface area (Å²) in [7, 11) is -2.07. The number of nitrogens with zero attached hydrogens (tertiary/aromatic N) is 2. The zero-order chi connectivity index (χ0) is 19.8. The van der Waals surface area contributed by atoms with Crippen LogP contribution in [-0.2, 0) is 10.0 Å². The first-order chi connectivity index (χ1) is 12.7. The number of anilines is 1. The Morgan fingerprint density at radius 2 is 1.48 bits per heavy atom. The smallest absolute Gasteiger partial charge is 0.246 e. The zero-order valence-electron chi connectivity index (χ0n) is 16.7. The van der Waals surface area contributed by atoms with Gasteiger partial charge in [0.15, 0.2) is 0 Å². The molecule has 3 rings (SSSR count). The van der Waals surface area contributed by atoms with E-state index in [9.17, 15) is 8.42 Å². The van der Waals surface area contributed by atoms with Crippen LogP contribution in [0.3, 0.4) is 0 Å². The van der Waals surface area contributed by atoms with Gasteiger partial charge in [0.1, 0.15) is 10.6 Å². The number of benzene rings is 2. The molecule has 1 aliphatic heterocycles. The minimum absolute atomic E-state index is 0.257. The molecule has 0 aromatic heterocycles. The number of rotatable bonds is 4. The van der Waals surface area contributed by atoms with Gasteiger partial charge in [0, 0.05) is 31.9 Å². The van der Waals surface area contributed by atoms with Crippen LogP contribution in [0.2, 0.25) is 0 Å². The Hall–Kier alpha value is -2.05. The lowest BCUT2D eigenvalue weighted by Crippen LogP contribution is -2.48. The highest BCUT2D eigenvalue weighted by Gasteiger charge is 2.31. The van der Waals surface area contributed by atoms with Gasteiger partial charge in [0.05, 0.1) is 7.11 Å². The topological polar surface area (TPSA) is 49.9 Å². The van der Waals surface area contributed by atoms with E-state index in [0.717, 1.165) is 11.1 Å². The lowest BCUT2D eigenvalue weighted by Gasteiger charge is -2.36. The van der Waals surface area contributed by atoms with Crippen LogP contribution in [0.15, 0.2) is 35.2 Å². The number of hydrogen-bond donors (Lipinski definition) is 0. The number of methoxy groups -OCH3 is 1. The van der Waals surface area contributed by atoms with E-state index in [1.54, 1.807) is 16.4 Å². The second kappa shape index (κ2) is 7.52. The number of hydrogen-bond acceptors (Lipinski definition) is 4. The number of sulfonamides is 1. The largest absolute Gasteiger partial charge is 0.495 e. The van der Waals surface area contributed by atoms with Gasteiger partial charge in [-0.05, 0) is 62.6 Å². The van der Waals surface area contributed by atoms with E-state index in [2.05, 4.69) is 36.9 Å². The fraction of sp³-hybridized carbons (Fsp3) is 0.429. The molecule has 0 atom stereocenters. The molecule has 2 aromatic rings. The maximum absolute atomic E-state index is 13.2. The molecule has 0 N–H and O–H groups in total. The Kier molecular flexibility index (Phi) is 5.49. The van der Waals surface area contributed by atoms with Crippen molar-refractivity contribution in [2.24, 2.45) is 0 Å². The Morgan fingerprint density at radius 3 is 2.07 bits per heavy atom. The third kappa shape index (κ3) is 3.82. The van der Waals surface area contributed by atoms with Crippen LogP contribution in [-0.4, -0.2) is 46.0 Å². The highest BCUT2D eigenvalue weighted by Crippen LogP contribution is 2.31. The van der Waals surface area contributed by atoms with Crippen LogP contribution < -0.4 is 9.64 Å². The van der Waals surface area contributed by atoms with Crippen molar-refractivity contribution in [1.29, 1.82) is 0 Å². The Balaban J connectivity index is 1.82. The number of piperazine rings is 1. The van der Waals surface area contributed by atoms with Gasteiger partial charge in [-0.15, -0.1) is 0 Å². The van der Waals surface area contributed by atoms with E-state index in [-0.39, 0.29) is 4.90 Å². The monoisotopic (exact) mass is 388 g/mol. The van der Waals surface area contributed by atoms with Crippen molar-refractivity contribution in [3.05, 3.63) is 52.6 Å². The van der Waals surface area contributed by atoms with Crippen molar-refractivity contribution in [1.82, 2.24) is 4.31 Å². The maximum atomic E-state index is 13.2. The molecular weight excluding hydrogens is 360 g/mol. The van der Waals surface area contributed by atoms with Crippen LogP contribution in [0.25, 0.3) is 0 Å². The first-order valence-corrected chi connectivity index (χ1v) is 10.7. The summed E-state index contributed by atoms with van der Waals surface area (Å²) >= 11 is 0. The lowest BCUT2D eigenvalue weighted by molar-refractivity contribution is 0.374. The summed E-state index contributed by atoms with van der Waals surface area (Å²) in [5, 5.41) is 0. The van der Waals surface area contributed by atoms with Crippen LogP contribution in [0, 0.1) is 27.7 Å². The third-order valence-corrected chi connectivity index (χ3v) is 7.25. The third-order valence-electron chi connectivity index (χ3n) is 5.33. The average Bonchev–Trinajstić information content (AvgIpc) is 2.63. The summed E-state index contributed by atoms with van der Waals surface area (Å²) in [5.74, 6) is 0.412. The summed E-state index contributed by atoms with van der Waals surface area (Å²) in [4.78, 5) is 2.52. The van der Waals surface area contributed by atoms with E-state index in [1.807, 2.05) is 13.8 Å². The molecule has 1 aliphatic rings. The molecular formula is C21H28N2O3S. The maximum Gasteiger partial charge on any atom is 0.246 e. The Bertz CT molecular complexity index is 946. The van der Waals surface area contributed by atoms with Gasteiger partial charge < -0.3 is 9.64 Å². The van der Waals surface area contributed by atoms with E-state index < -0.39 is 10.0 Å². The molecule has 146 valence electrons. The minimum atomic E-state index is -3.58. The fourth-order valence-electron chi connectivity index (χ4n) is 3.59. The van der Waals surface area contributed by atoms with Gasteiger partial charge in [-0.25, -0.2) is 8.42 Å². The Morgan fingerprint density at radius 1 is 0.852 bits per heavy atom. The molecule has 6 heteroatoms. The fourth-order valence-corrected chi connectivity index (χ4v) is 5.24. The van der Waals surface area contributed by atoms with Crippen molar-refractivity contribution in [3.63, 3.8) is 0 Å². The van der Waals surface area contributed by atoms with Crippen LogP contribution in [0.1, 0.15) is 22.3 Å². The lowest BCUT2D eigenvalue weighted by atomic mass is 10.1. The van der Waals surface area contributed by atoms with Gasteiger partial charge in [0.25, 0.3) is 0 Å². The molecule has 0 spiro atoms. The summed E-state index contributed by atoms with van der Waals surface area (Å²) < 4.78 is 33.4. The van der Waals surface area contributed by atoms with Crippen LogP contribution >= 0.6 is 0 Å². The molecule has 1 heterocycles. The summed E-state index contributed by atoms with van der Waals surface area (Å²) in [6.45, 7) is 10.3. The van der Waals surface area contributed by atoms with Crippen molar-refractivity contribution in [3.8, 4) is 5.75 Å². The molecule has 0 unspecified atom stereocenters. The van der Waals surface area contributed by atoms with Crippen molar-refractivity contribution in [2.75, 3.05) is 38.2 Å². The van der Waals surface area contributed by atoms with Gasteiger partial charge >= 0.3 is 0 Å². The molecule has 0 radical (unpaired) electrons. The molecule has 2 aromatic carbocycles. The first-order valence-electron chi connectivity index (χ1n) is 9.21. The predicted molar refractivity (Wildman–Crippen MR) is 109 cm³/mol. The summed E-state index contributed by atoms with van der Waals surface area (Å²) in [6, 6.07) is 9.92. The minimum Gasteiger partial charge on any atom is -0.495 e. The zero-order valence-corrected chi connectivity index (χ0v) is 17.6. The van der Waals surface area contributed by atoms with Crippen LogP contribution in [0.5, 0.6) is 5.75 Å². The summed E-state index contributed by atoms with van der Waals surface area (Å²) in [5.41, 5.74) is 5.61. The number of aryl methyl sites for hydroxylation is 4. The van der Waals surface area contributed by atoms with Crippen molar-refractivity contribution < 1.29 is 13.2 Å². The van der Waals surface area contributed by atoms with E-state index >= 15 is 0 Å². The number of ether oxygens (including phenoxy) is 1. The van der Waals surface area contributed by atoms with Gasteiger partial charge in [-0.3, -0.25) is 0 Å². The van der Waals surface area contributed by atoms with Gasteiger partial charge in [-0.2, -0.15) is 4.31 Å². The average molecular weight is 389 g/mol. The van der Waals surface area contributed by atoms with E-state index in [1.165, 1.54) is 23.9 Å². The first kappa shape index (κ1) is 19.7. The van der Waals surface area contributed by atoms with Gasteiger partial charge in [0.2, 0.25) is 10.0 Å². The SMILES string of the molecule is COc1cc(C)c(C)cc1S(=O)(=O)N1CCN(c2ccc(C)cc2C)CC1. The van der Waals surface area contributed by atoms with Gasteiger partial charge in [-0.1, -0.05) is 17.7 Å². The van der Waals surface area contributed by atoms with Crippen LogP contribution in [0.4, 0.5) is 5.69 Å². The predicted octanol–water partition coefficient (Wildman–Crippen LogP) is 3.44. The molecule has 27 heavy (non-hydrogen) atoms. The highest BCUT2D eigenvalue weighted by molar-refractivity contribution is 7.89. The highest BCUT2D eigenvalue weighted by atomic mass is 32.2. The van der Waals surface area contributed by atoms with E-state index in [4.69, 9.17) is 4.74 Å². The molecule has 1 fully saturated rings.